The molecule has 2 heterocycles. The Labute approximate surface area is 154 Å². The van der Waals surface area contributed by atoms with Crippen molar-refractivity contribution in [2.75, 3.05) is 24.5 Å². The molecular formula is C20H22N2O3S. The van der Waals surface area contributed by atoms with Crippen LogP contribution >= 0.6 is 0 Å². The van der Waals surface area contributed by atoms with Gasteiger partial charge in [-0.2, -0.15) is 4.31 Å². The smallest absolute Gasteiger partial charge is 0.243 e. The van der Waals surface area contributed by atoms with Crippen molar-refractivity contribution in [1.82, 2.24) is 4.31 Å². The van der Waals surface area contributed by atoms with Crippen molar-refractivity contribution >= 4 is 21.6 Å². The number of aryl methyl sites for hydroxylation is 1. The third kappa shape index (κ3) is 2.93. The van der Waals surface area contributed by atoms with Crippen LogP contribution in [-0.4, -0.2) is 38.3 Å². The lowest BCUT2D eigenvalue weighted by atomic mass is 9.86. The Bertz CT molecular complexity index is 943. The van der Waals surface area contributed by atoms with Gasteiger partial charge in [0.25, 0.3) is 0 Å². The predicted molar refractivity (Wildman–Crippen MR) is 100 cm³/mol. The summed E-state index contributed by atoms with van der Waals surface area (Å²) in [4.78, 5) is 14.8. The Hall–Kier alpha value is -2.18. The first-order valence-electron chi connectivity index (χ1n) is 8.82. The zero-order chi connectivity index (χ0) is 18.4. The van der Waals surface area contributed by atoms with Gasteiger partial charge in [0.1, 0.15) is 0 Å². The lowest BCUT2D eigenvalue weighted by molar-refractivity contribution is -0.117. The average Bonchev–Trinajstić information content (AvgIpc) is 3.19. The number of hydrogen-bond acceptors (Lipinski definition) is 3. The highest BCUT2D eigenvalue weighted by molar-refractivity contribution is 7.89. The number of sulfonamides is 1. The first-order valence-corrected chi connectivity index (χ1v) is 10.3. The number of rotatable bonds is 3. The molecule has 0 aromatic heterocycles. The third-order valence-corrected chi connectivity index (χ3v) is 7.28. The number of nitrogens with zero attached hydrogens (tertiary/aromatic N) is 2. The fourth-order valence-electron chi connectivity index (χ4n) is 4.04. The summed E-state index contributed by atoms with van der Waals surface area (Å²) in [6, 6.07) is 16.4. The van der Waals surface area contributed by atoms with E-state index in [4.69, 9.17) is 0 Å². The van der Waals surface area contributed by atoms with E-state index in [-0.39, 0.29) is 11.3 Å². The van der Waals surface area contributed by atoms with Crippen molar-refractivity contribution < 1.29 is 13.2 Å². The molecule has 0 bridgehead atoms. The summed E-state index contributed by atoms with van der Waals surface area (Å²) in [5.74, 6) is 0.0783. The molecule has 1 amide bonds. The van der Waals surface area contributed by atoms with Crippen molar-refractivity contribution in [2.24, 2.45) is 5.41 Å². The average molecular weight is 370 g/mol. The summed E-state index contributed by atoms with van der Waals surface area (Å²) < 4.78 is 27.3. The second-order valence-electron chi connectivity index (χ2n) is 7.40. The molecule has 6 heteroatoms. The molecule has 4 rings (SSSR count). The van der Waals surface area contributed by atoms with Crippen LogP contribution in [0.25, 0.3) is 0 Å². The summed E-state index contributed by atoms with van der Waals surface area (Å²) in [5.41, 5.74) is 1.72. The van der Waals surface area contributed by atoms with Gasteiger partial charge in [-0.05, 0) is 43.2 Å². The van der Waals surface area contributed by atoms with Crippen molar-refractivity contribution in [1.29, 1.82) is 0 Å². The molecule has 2 aliphatic heterocycles. The summed E-state index contributed by atoms with van der Waals surface area (Å²) >= 11 is 0. The maximum absolute atomic E-state index is 12.9. The third-order valence-electron chi connectivity index (χ3n) is 5.42. The number of anilines is 1. The first-order chi connectivity index (χ1) is 12.4. The van der Waals surface area contributed by atoms with E-state index < -0.39 is 10.0 Å². The molecule has 1 spiro atoms. The first kappa shape index (κ1) is 17.2. The largest absolute Gasteiger partial charge is 0.312 e. The number of carbonyl (C=O) groups excluding carboxylic acids is 1. The maximum atomic E-state index is 12.9. The Morgan fingerprint density at radius 1 is 1.00 bits per heavy atom. The van der Waals surface area contributed by atoms with E-state index in [1.807, 2.05) is 36.1 Å². The quantitative estimate of drug-likeness (QED) is 0.835. The highest BCUT2D eigenvalue weighted by Crippen LogP contribution is 2.43. The second-order valence-corrected chi connectivity index (χ2v) is 9.34. The molecule has 2 aliphatic rings. The van der Waals surface area contributed by atoms with Gasteiger partial charge < -0.3 is 4.90 Å². The zero-order valence-electron chi connectivity index (χ0n) is 14.8. The van der Waals surface area contributed by atoms with Crippen LogP contribution in [0, 0.1) is 12.3 Å². The summed E-state index contributed by atoms with van der Waals surface area (Å²) in [7, 11) is -3.50. The fourth-order valence-corrected chi connectivity index (χ4v) is 5.62. The molecule has 0 unspecified atom stereocenters. The molecule has 2 saturated heterocycles. The van der Waals surface area contributed by atoms with Crippen LogP contribution in [0.15, 0.2) is 59.5 Å². The van der Waals surface area contributed by atoms with Gasteiger partial charge in [-0.3, -0.25) is 4.79 Å². The Kier molecular flexibility index (Phi) is 4.12. The van der Waals surface area contributed by atoms with Gasteiger partial charge >= 0.3 is 0 Å². The number of hydrogen-bond donors (Lipinski definition) is 0. The van der Waals surface area contributed by atoms with Crippen LogP contribution in [-0.2, 0) is 14.8 Å². The minimum atomic E-state index is -3.50. The van der Waals surface area contributed by atoms with E-state index in [0.717, 1.165) is 11.3 Å². The maximum Gasteiger partial charge on any atom is 0.243 e. The van der Waals surface area contributed by atoms with Crippen LogP contribution in [0.4, 0.5) is 5.69 Å². The van der Waals surface area contributed by atoms with Crippen LogP contribution in [0.3, 0.4) is 0 Å². The topological polar surface area (TPSA) is 57.7 Å². The molecular weight excluding hydrogens is 348 g/mol. The van der Waals surface area contributed by atoms with E-state index in [1.54, 1.807) is 30.3 Å². The molecule has 136 valence electrons. The summed E-state index contributed by atoms with van der Waals surface area (Å²) in [5, 5.41) is 0. The van der Waals surface area contributed by atoms with Crippen molar-refractivity contribution in [3.63, 3.8) is 0 Å². The highest BCUT2D eigenvalue weighted by atomic mass is 32.2. The standard InChI is InChI=1S/C20H22N2O3S/c1-16-6-5-7-17(12-16)22-15-20(13-19(22)23)10-11-21(14-20)26(24,25)18-8-3-2-4-9-18/h2-9,12H,10-11,13-15H2,1H3/t20-/m1/s1. The SMILES string of the molecule is Cc1cccc(N2C[C@]3(CCN(S(=O)(=O)c4ccccc4)C3)CC2=O)c1. The summed E-state index contributed by atoms with van der Waals surface area (Å²) in [6.07, 6.45) is 1.12. The lowest BCUT2D eigenvalue weighted by Crippen LogP contribution is -2.34. The van der Waals surface area contributed by atoms with Gasteiger partial charge in [-0.15, -0.1) is 0 Å². The van der Waals surface area contributed by atoms with E-state index in [9.17, 15) is 13.2 Å². The molecule has 5 nitrogen and oxygen atoms in total. The van der Waals surface area contributed by atoms with Crippen molar-refractivity contribution in [3.05, 3.63) is 60.2 Å². The van der Waals surface area contributed by atoms with Crippen LogP contribution in [0.1, 0.15) is 18.4 Å². The molecule has 0 radical (unpaired) electrons. The molecule has 2 fully saturated rings. The molecule has 0 saturated carbocycles. The molecule has 0 aliphatic carbocycles. The van der Waals surface area contributed by atoms with E-state index in [1.165, 1.54) is 4.31 Å². The fraction of sp³-hybridized carbons (Fsp3) is 0.350. The number of amides is 1. The molecule has 1 atom stereocenters. The van der Waals surface area contributed by atoms with Crippen molar-refractivity contribution in [3.8, 4) is 0 Å². The van der Waals surface area contributed by atoms with E-state index in [2.05, 4.69) is 0 Å². The highest BCUT2D eigenvalue weighted by Gasteiger charge is 2.50. The zero-order valence-corrected chi connectivity index (χ0v) is 15.6. The van der Waals surface area contributed by atoms with Gasteiger partial charge in [0.2, 0.25) is 15.9 Å². The van der Waals surface area contributed by atoms with E-state index >= 15 is 0 Å². The van der Waals surface area contributed by atoms with E-state index in [0.29, 0.717) is 37.4 Å². The normalized spacial score (nSPS) is 23.9. The predicted octanol–water partition coefficient (Wildman–Crippen LogP) is 2.81. The lowest BCUT2D eigenvalue weighted by Gasteiger charge is -2.24. The van der Waals surface area contributed by atoms with Gasteiger partial charge in [0.15, 0.2) is 0 Å². The molecule has 2 aromatic rings. The summed E-state index contributed by atoms with van der Waals surface area (Å²) in [6.45, 7) is 3.45. The van der Waals surface area contributed by atoms with Gasteiger partial charge in [-0.1, -0.05) is 30.3 Å². The Morgan fingerprint density at radius 3 is 2.50 bits per heavy atom. The van der Waals surface area contributed by atoms with Crippen LogP contribution in [0.2, 0.25) is 0 Å². The minimum Gasteiger partial charge on any atom is -0.312 e. The monoisotopic (exact) mass is 370 g/mol. The minimum absolute atomic E-state index is 0.0783. The van der Waals surface area contributed by atoms with Gasteiger partial charge in [0.05, 0.1) is 4.90 Å². The van der Waals surface area contributed by atoms with Crippen LogP contribution in [0.5, 0.6) is 0 Å². The second kappa shape index (κ2) is 6.21. The molecule has 26 heavy (non-hydrogen) atoms. The number of carbonyl (C=O) groups is 1. The molecule has 2 aromatic carbocycles. The Balaban J connectivity index is 1.56. The van der Waals surface area contributed by atoms with Gasteiger partial charge in [-0.25, -0.2) is 8.42 Å². The van der Waals surface area contributed by atoms with Crippen LogP contribution < -0.4 is 4.90 Å². The van der Waals surface area contributed by atoms with Crippen molar-refractivity contribution in [2.45, 2.75) is 24.7 Å². The molecule has 0 N–H and O–H groups in total. The number of benzene rings is 2. The Morgan fingerprint density at radius 2 is 1.77 bits per heavy atom. The van der Waals surface area contributed by atoms with Gasteiger partial charge in [0, 0.05) is 37.2 Å².